The van der Waals surface area contributed by atoms with Crippen LogP contribution in [-0.2, 0) is 4.74 Å². The van der Waals surface area contributed by atoms with Gasteiger partial charge in [0.2, 0.25) is 0 Å². The van der Waals surface area contributed by atoms with Crippen LogP contribution in [0.2, 0.25) is 0 Å². The number of hydrogen-bond acceptors (Lipinski definition) is 4. The third-order valence-electron chi connectivity index (χ3n) is 8.11. The van der Waals surface area contributed by atoms with E-state index in [-0.39, 0.29) is 0 Å². The van der Waals surface area contributed by atoms with Gasteiger partial charge in [0.15, 0.2) is 0 Å². The molecular weight excluding hydrogens is 346 g/mol. The molecule has 4 nitrogen and oxygen atoms in total. The number of likely N-dealkylation sites (tertiary alicyclic amines) is 1. The predicted octanol–water partition coefficient (Wildman–Crippen LogP) is 4.06. The van der Waals surface area contributed by atoms with Gasteiger partial charge in [-0.1, -0.05) is 0 Å². The van der Waals surface area contributed by atoms with Crippen molar-refractivity contribution in [3.05, 3.63) is 23.8 Å². The number of aryl methyl sites for hydroxylation is 1. The summed E-state index contributed by atoms with van der Waals surface area (Å²) in [6.45, 7) is 12.8. The van der Waals surface area contributed by atoms with E-state index >= 15 is 0 Å². The Morgan fingerprint density at radius 1 is 1.00 bits per heavy atom. The van der Waals surface area contributed by atoms with Crippen LogP contribution in [-0.4, -0.2) is 62.9 Å². The molecule has 0 radical (unpaired) electrons. The molecule has 4 heteroatoms. The molecule has 1 aromatic carbocycles. The molecule has 0 aromatic heterocycles. The average molecular weight is 384 g/mol. The first-order chi connectivity index (χ1) is 13.6. The number of anilines is 2. The Kier molecular flexibility index (Phi) is 5.04. The summed E-state index contributed by atoms with van der Waals surface area (Å²) in [5.41, 5.74) is 4.84. The van der Waals surface area contributed by atoms with Gasteiger partial charge >= 0.3 is 0 Å². The van der Waals surface area contributed by atoms with Crippen molar-refractivity contribution in [1.29, 1.82) is 0 Å². The highest BCUT2D eigenvalue weighted by Gasteiger charge is 2.40. The highest BCUT2D eigenvalue weighted by molar-refractivity contribution is 5.62. The Morgan fingerprint density at radius 2 is 1.86 bits per heavy atom. The Balaban J connectivity index is 1.26. The Morgan fingerprint density at radius 3 is 2.61 bits per heavy atom. The smallest absolute Gasteiger partial charge is 0.0472 e. The minimum Gasteiger partial charge on any atom is -0.381 e. The molecule has 0 N–H and O–H groups in total. The summed E-state index contributed by atoms with van der Waals surface area (Å²) in [5.74, 6) is 0. The quantitative estimate of drug-likeness (QED) is 0.783. The molecule has 4 heterocycles. The first kappa shape index (κ1) is 18.7. The first-order valence-corrected chi connectivity index (χ1v) is 11.6. The van der Waals surface area contributed by atoms with Crippen LogP contribution < -0.4 is 9.80 Å². The molecule has 0 aliphatic carbocycles. The van der Waals surface area contributed by atoms with Crippen LogP contribution in [0.25, 0.3) is 0 Å². The molecule has 0 bridgehead atoms. The first-order valence-electron chi connectivity index (χ1n) is 11.6. The van der Waals surface area contributed by atoms with E-state index in [0.29, 0.717) is 5.41 Å². The second kappa shape index (κ2) is 7.53. The van der Waals surface area contributed by atoms with Gasteiger partial charge < -0.3 is 14.5 Å². The van der Waals surface area contributed by atoms with Gasteiger partial charge in [0.1, 0.15) is 0 Å². The van der Waals surface area contributed by atoms with Crippen molar-refractivity contribution in [1.82, 2.24) is 4.90 Å². The summed E-state index contributed by atoms with van der Waals surface area (Å²) in [7, 11) is 0. The minimum absolute atomic E-state index is 0.512. The van der Waals surface area contributed by atoms with Crippen LogP contribution in [0.3, 0.4) is 0 Å². The molecule has 4 aliphatic rings. The molecule has 5 rings (SSSR count). The van der Waals surface area contributed by atoms with Gasteiger partial charge in [0, 0.05) is 62.9 Å². The van der Waals surface area contributed by atoms with Crippen molar-refractivity contribution >= 4 is 11.4 Å². The van der Waals surface area contributed by atoms with Crippen molar-refractivity contribution in [2.24, 2.45) is 5.41 Å². The monoisotopic (exact) mass is 383 g/mol. The molecule has 154 valence electrons. The molecule has 0 saturated carbocycles. The number of nitrogens with zero attached hydrogens (tertiary/aromatic N) is 3. The van der Waals surface area contributed by atoms with Gasteiger partial charge in [0.25, 0.3) is 0 Å². The van der Waals surface area contributed by atoms with E-state index in [1.165, 1.54) is 88.2 Å². The lowest BCUT2D eigenvalue weighted by Gasteiger charge is -2.34. The Hall–Kier alpha value is -1.26. The van der Waals surface area contributed by atoms with Gasteiger partial charge in [-0.05, 0) is 88.1 Å². The standard InChI is InChI=1S/C24H37N3O/c1-19-16-21(25-12-7-22(17-25)27-11-3-4-20(27)2)5-6-23(19)26-13-8-24(18-26)9-14-28-15-10-24/h5-6,16,20,22H,3-4,7-15,17-18H2,1-2H3/t20-,22+/m0/s1. The average Bonchev–Trinajstić information content (AvgIpc) is 3.43. The molecule has 28 heavy (non-hydrogen) atoms. The van der Waals surface area contributed by atoms with Crippen molar-refractivity contribution in [3.8, 4) is 0 Å². The van der Waals surface area contributed by atoms with Crippen LogP contribution in [0.5, 0.6) is 0 Å². The molecule has 1 aromatic rings. The molecule has 0 unspecified atom stereocenters. The number of benzene rings is 1. The maximum Gasteiger partial charge on any atom is 0.0472 e. The van der Waals surface area contributed by atoms with Gasteiger partial charge in [-0.2, -0.15) is 0 Å². The van der Waals surface area contributed by atoms with Gasteiger partial charge in [-0.3, -0.25) is 4.90 Å². The zero-order valence-corrected chi connectivity index (χ0v) is 17.8. The Labute approximate surface area is 170 Å². The second-order valence-corrected chi connectivity index (χ2v) is 9.87. The van der Waals surface area contributed by atoms with E-state index in [1.807, 2.05) is 0 Å². The third-order valence-corrected chi connectivity index (χ3v) is 8.11. The minimum atomic E-state index is 0.512. The summed E-state index contributed by atoms with van der Waals surface area (Å²) in [4.78, 5) is 8.03. The second-order valence-electron chi connectivity index (χ2n) is 9.87. The Bertz CT molecular complexity index is 699. The van der Waals surface area contributed by atoms with E-state index < -0.39 is 0 Å². The lowest BCUT2D eigenvalue weighted by Crippen LogP contribution is -2.39. The molecule has 2 atom stereocenters. The fourth-order valence-corrected chi connectivity index (χ4v) is 6.29. The largest absolute Gasteiger partial charge is 0.381 e. The number of ether oxygens (including phenoxy) is 1. The van der Waals surface area contributed by atoms with E-state index in [0.717, 1.165) is 25.3 Å². The third kappa shape index (κ3) is 3.43. The SMILES string of the molecule is Cc1cc(N2CC[C@@H](N3CCC[C@@H]3C)C2)ccc1N1CCC2(CCOCC2)C1. The maximum absolute atomic E-state index is 5.62. The van der Waals surface area contributed by atoms with Crippen LogP contribution in [0.4, 0.5) is 11.4 Å². The molecule has 0 amide bonds. The summed E-state index contributed by atoms with van der Waals surface area (Å²) in [6.07, 6.45) is 7.90. The maximum atomic E-state index is 5.62. The normalized spacial score (nSPS) is 30.6. The highest BCUT2D eigenvalue weighted by Crippen LogP contribution is 2.42. The van der Waals surface area contributed by atoms with Crippen molar-refractivity contribution < 1.29 is 4.74 Å². The van der Waals surface area contributed by atoms with E-state index in [2.05, 4.69) is 46.7 Å². The molecule has 1 spiro atoms. The highest BCUT2D eigenvalue weighted by atomic mass is 16.5. The lowest BCUT2D eigenvalue weighted by atomic mass is 9.80. The molecular formula is C24H37N3O. The summed E-state index contributed by atoms with van der Waals surface area (Å²) >= 11 is 0. The van der Waals surface area contributed by atoms with Crippen molar-refractivity contribution in [2.75, 3.05) is 55.7 Å². The zero-order chi connectivity index (χ0) is 19.1. The van der Waals surface area contributed by atoms with Crippen LogP contribution in [0.1, 0.15) is 51.0 Å². The molecule has 4 saturated heterocycles. The fraction of sp³-hybridized carbons (Fsp3) is 0.750. The topological polar surface area (TPSA) is 19.0 Å². The zero-order valence-electron chi connectivity index (χ0n) is 17.8. The van der Waals surface area contributed by atoms with E-state index in [4.69, 9.17) is 4.74 Å². The molecule has 4 aliphatic heterocycles. The lowest BCUT2D eigenvalue weighted by molar-refractivity contribution is 0.0254. The summed E-state index contributed by atoms with van der Waals surface area (Å²) in [6, 6.07) is 8.76. The van der Waals surface area contributed by atoms with E-state index in [9.17, 15) is 0 Å². The van der Waals surface area contributed by atoms with Crippen molar-refractivity contribution in [2.45, 2.75) is 64.5 Å². The van der Waals surface area contributed by atoms with Crippen molar-refractivity contribution in [3.63, 3.8) is 0 Å². The number of hydrogen-bond donors (Lipinski definition) is 0. The van der Waals surface area contributed by atoms with Crippen LogP contribution >= 0.6 is 0 Å². The summed E-state index contributed by atoms with van der Waals surface area (Å²) in [5, 5.41) is 0. The van der Waals surface area contributed by atoms with Crippen LogP contribution in [0.15, 0.2) is 18.2 Å². The van der Waals surface area contributed by atoms with Gasteiger partial charge in [-0.15, -0.1) is 0 Å². The number of rotatable bonds is 3. The predicted molar refractivity (Wildman–Crippen MR) is 117 cm³/mol. The van der Waals surface area contributed by atoms with Crippen LogP contribution in [0, 0.1) is 12.3 Å². The molecule has 4 fully saturated rings. The van der Waals surface area contributed by atoms with Gasteiger partial charge in [0.05, 0.1) is 0 Å². The van der Waals surface area contributed by atoms with Gasteiger partial charge in [-0.25, -0.2) is 0 Å². The fourth-order valence-electron chi connectivity index (χ4n) is 6.29. The van der Waals surface area contributed by atoms with E-state index in [1.54, 1.807) is 0 Å². The summed E-state index contributed by atoms with van der Waals surface area (Å²) < 4.78 is 5.62.